The lowest BCUT2D eigenvalue weighted by atomic mass is 10.1. The number of nitrogens with one attached hydrogen (secondary N) is 1. The van der Waals surface area contributed by atoms with Gasteiger partial charge >= 0.3 is 5.97 Å². The van der Waals surface area contributed by atoms with Crippen molar-refractivity contribution in [2.45, 2.75) is 26.9 Å². The van der Waals surface area contributed by atoms with Crippen molar-refractivity contribution in [1.82, 2.24) is 9.88 Å². The molecule has 1 aromatic heterocycles. The van der Waals surface area contributed by atoms with Crippen molar-refractivity contribution in [3.63, 3.8) is 0 Å². The largest absolute Gasteiger partial charge is 0.465 e. The molecule has 0 aliphatic heterocycles. The fourth-order valence-electron chi connectivity index (χ4n) is 3.34. The number of nitrogens with zero attached hydrogens (tertiary/aromatic N) is 1. The standard InChI is InChI=1S/C23H24N2O3/c1-16-20(23(27)28-3)17(2)24-21(16)22(26)25(14-18-10-6-4-7-11-18)15-19-12-8-5-9-13-19/h4-13,24H,14-15H2,1-3H3. The smallest absolute Gasteiger partial charge is 0.339 e. The molecule has 144 valence electrons. The van der Waals surface area contributed by atoms with Crippen LogP contribution in [0.4, 0.5) is 0 Å². The zero-order valence-corrected chi connectivity index (χ0v) is 16.4. The number of aromatic amines is 1. The third-order valence-corrected chi connectivity index (χ3v) is 4.76. The van der Waals surface area contributed by atoms with E-state index in [1.54, 1.807) is 18.7 Å². The Kier molecular flexibility index (Phi) is 5.94. The molecule has 1 amide bonds. The molecule has 5 nitrogen and oxygen atoms in total. The Morgan fingerprint density at radius 1 is 0.893 bits per heavy atom. The quantitative estimate of drug-likeness (QED) is 0.654. The van der Waals surface area contributed by atoms with Gasteiger partial charge in [0.15, 0.2) is 0 Å². The fraction of sp³-hybridized carbons (Fsp3) is 0.217. The van der Waals surface area contributed by atoms with Gasteiger partial charge in [-0.05, 0) is 30.5 Å². The Labute approximate surface area is 165 Å². The lowest BCUT2D eigenvalue weighted by Crippen LogP contribution is -2.31. The van der Waals surface area contributed by atoms with Gasteiger partial charge in [-0.25, -0.2) is 4.79 Å². The third-order valence-electron chi connectivity index (χ3n) is 4.76. The van der Waals surface area contributed by atoms with Crippen molar-refractivity contribution in [1.29, 1.82) is 0 Å². The summed E-state index contributed by atoms with van der Waals surface area (Å²) < 4.78 is 4.86. The Morgan fingerprint density at radius 2 is 1.39 bits per heavy atom. The molecule has 1 heterocycles. The summed E-state index contributed by atoms with van der Waals surface area (Å²) in [4.78, 5) is 30.3. The first kappa shape index (κ1) is 19.4. The van der Waals surface area contributed by atoms with Gasteiger partial charge in [-0.1, -0.05) is 60.7 Å². The molecule has 0 fully saturated rings. The first-order chi connectivity index (χ1) is 13.5. The predicted molar refractivity (Wildman–Crippen MR) is 108 cm³/mol. The molecule has 28 heavy (non-hydrogen) atoms. The van der Waals surface area contributed by atoms with Crippen LogP contribution in [0.15, 0.2) is 60.7 Å². The van der Waals surface area contributed by atoms with Crippen LogP contribution in [0.1, 0.15) is 43.2 Å². The molecule has 0 radical (unpaired) electrons. The lowest BCUT2D eigenvalue weighted by Gasteiger charge is -2.23. The molecule has 3 rings (SSSR count). The van der Waals surface area contributed by atoms with Gasteiger partial charge in [0.2, 0.25) is 0 Å². The van der Waals surface area contributed by atoms with Gasteiger partial charge in [-0.15, -0.1) is 0 Å². The summed E-state index contributed by atoms with van der Waals surface area (Å²) in [5.41, 5.74) is 4.17. The van der Waals surface area contributed by atoms with Crippen molar-refractivity contribution >= 4 is 11.9 Å². The van der Waals surface area contributed by atoms with E-state index in [4.69, 9.17) is 4.74 Å². The number of hydrogen-bond acceptors (Lipinski definition) is 3. The van der Waals surface area contributed by atoms with Crippen LogP contribution < -0.4 is 0 Å². The number of methoxy groups -OCH3 is 1. The van der Waals surface area contributed by atoms with Crippen LogP contribution >= 0.6 is 0 Å². The number of carbonyl (C=O) groups is 2. The molecule has 0 saturated heterocycles. The average molecular weight is 376 g/mol. The van der Waals surface area contributed by atoms with Gasteiger partial charge in [0.05, 0.1) is 12.7 Å². The molecule has 3 aromatic rings. The van der Waals surface area contributed by atoms with E-state index in [1.165, 1.54) is 7.11 Å². The molecule has 0 aliphatic carbocycles. The number of hydrogen-bond donors (Lipinski definition) is 1. The summed E-state index contributed by atoms with van der Waals surface area (Å²) in [5.74, 6) is -0.591. The highest BCUT2D eigenvalue weighted by molar-refractivity contribution is 6.00. The van der Waals surface area contributed by atoms with Crippen molar-refractivity contribution in [2.24, 2.45) is 0 Å². The minimum Gasteiger partial charge on any atom is -0.465 e. The van der Waals surface area contributed by atoms with Crippen LogP contribution in [0.2, 0.25) is 0 Å². The maximum absolute atomic E-state index is 13.4. The van der Waals surface area contributed by atoms with Crippen LogP contribution in [0.25, 0.3) is 0 Å². The van der Waals surface area contributed by atoms with Crippen molar-refractivity contribution < 1.29 is 14.3 Å². The number of aryl methyl sites for hydroxylation is 1. The van der Waals surface area contributed by atoms with Crippen molar-refractivity contribution in [2.75, 3.05) is 7.11 Å². The summed E-state index contributed by atoms with van der Waals surface area (Å²) in [6, 6.07) is 19.7. The molecule has 5 heteroatoms. The predicted octanol–water partition coefficient (Wildman–Crippen LogP) is 4.26. The van der Waals surface area contributed by atoms with Crippen LogP contribution in [0, 0.1) is 13.8 Å². The second kappa shape index (κ2) is 8.57. The van der Waals surface area contributed by atoms with Crippen LogP contribution in [-0.4, -0.2) is 28.9 Å². The number of amides is 1. The van der Waals surface area contributed by atoms with Gasteiger partial charge in [0.25, 0.3) is 5.91 Å². The van der Waals surface area contributed by atoms with Gasteiger partial charge < -0.3 is 14.6 Å². The van der Waals surface area contributed by atoms with E-state index in [0.717, 1.165) is 11.1 Å². The zero-order chi connectivity index (χ0) is 20.1. The Hall–Kier alpha value is -3.34. The van der Waals surface area contributed by atoms with Gasteiger partial charge in [-0.3, -0.25) is 4.79 Å². The Morgan fingerprint density at radius 3 is 1.86 bits per heavy atom. The highest BCUT2D eigenvalue weighted by atomic mass is 16.5. The summed E-state index contributed by atoms with van der Waals surface area (Å²) in [6.07, 6.45) is 0. The highest BCUT2D eigenvalue weighted by Crippen LogP contribution is 2.22. The van der Waals surface area contributed by atoms with E-state index in [0.29, 0.717) is 35.6 Å². The van der Waals surface area contributed by atoms with E-state index in [1.807, 2.05) is 60.7 Å². The molecular formula is C23H24N2O3. The van der Waals surface area contributed by atoms with E-state index >= 15 is 0 Å². The number of H-pyrrole nitrogens is 1. The molecule has 2 aromatic carbocycles. The maximum atomic E-state index is 13.4. The van der Waals surface area contributed by atoms with Crippen LogP contribution in [0.5, 0.6) is 0 Å². The molecule has 0 unspecified atom stereocenters. The maximum Gasteiger partial charge on any atom is 0.339 e. The SMILES string of the molecule is COC(=O)c1c(C)[nH]c(C(=O)N(Cc2ccccc2)Cc2ccccc2)c1C. The minimum atomic E-state index is -0.442. The summed E-state index contributed by atoms with van der Waals surface area (Å²) in [6.45, 7) is 4.49. The van der Waals surface area contributed by atoms with Crippen LogP contribution in [0.3, 0.4) is 0 Å². The van der Waals surface area contributed by atoms with E-state index in [9.17, 15) is 9.59 Å². The summed E-state index contributed by atoms with van der Waals surface area (Å²) in [5, 5.41) is 0. The summed E-state index contributed by atoms with van der Waals surface area (Å²) >= 11 is 0. The number of aromatic nitrogens is 1. The van der Waals surface area contributed by atoms with Crippen LogP contribution in [-0.2, 0) is 17.8 Å². The third kappa shape index (κ3) is 4.14. The van der Waals surface area contributed by atoms with Crippen molar-refractivity contribution in [3.8, 4) is 0 Å². The van der Waals surface area contributed by atoms with E-state index < -0.39 is 5.97 Å². The Balaban J connectivity index is 1.95. The Bertz CT molecular complexity index is 921. The average Bonchev–Trinajstić information content (AvgIpc) is 3.02. The fourth-order valence-corrected chi connectivity index (χ4v) is 3.34. The lowest BCUT2D eigenvalue weighted by molar-refractivity contribution is 0.0599. The first-order valence-electron chi connectivity index (χ1n) is 9.16. The van der Waals surface area contributed by atoms with E-state index in [-0.39, 0.29) is 5.91 Å². The van der Waals surface area contributed by atoms with Gasteiger partial charge in [0.1, 0.15) is 5.69 Å². The second-order valence-corrected chi connectivity index (χ2v) is 6.75. The number of ether oxygens (including phenoxy) is 1. The molecule has 0 aliphatic rings. The van der Waals surface area contributed by atoms with Gasteiger partial charge in [-0.2, -0.15) is 0 Å². The van der Waals surface area contributed by atoms with Crippen molar-refractivity contribution in [3.05, 3.63) is 94.3 Å². The molecule has 0 spiro atoms. The number of esters is 1. The molecular weight excluding hydrogens is 352 g/mol. The highest BCUT2D eigenvalue weighted by Gasteiger charge is 2.26. The zero-order valence-electron chi connectivity index (χ0n) is 16.4. The monoisotopic (exact) mass is 376 g/mol. The topological polar surface area (TPSA) is 62.4 Å². The second-order valence-electron chi connectivity index (χ2n) is 6.75. The number of carbonyl (C=O) groups excluding carboxylic acids is 2. The molecule has 0 saturated carbocycles. The molecule has 0 bridgehead atoms. The minimum absolute atomic E-state index is 0.150. The number of benzene rings is 2. The summed E-state index contributed by atoms with van der Waals surface area (Å²) in [7, 11) is 1.34. The normalized spacial score (nSPS) is 10.5. The molecule has 1 N–H and O–H groups in total. The van der Waals surface area contributed by atoms with E-state index in [2.05, 4.69) is 4.98 Å². The number of rotatable bonds is 6. The first-order valence-corrected chi connectivity index (χ1v) is 9.16. The van der Waals surface area contributed by atoms with Gasteiger partial charge in [0, 0.05) is 18.8 Å². The molecule has 0 atom stereocenters.